The molecule has 0 spiro atoms. The molecule has 0 radical (unpaired) electrons. The van der Waals surface area contributed by atoms with E-state index >= 15 is 0 Å². The molecule has 0 aliphatic rings. The molecule has 0 unspecified atom stereocenters. The van der Waals surface area contributed by atoms with Gasteiger partial charge in [0.15, 0.2) is 0 Å². The van der Waals surface area contributed by atoms with Crippen molar-refractivity contribution in [3.05, 3.63) is 34.9 Å². The number of rotatable bonds is 5. The molecule has 0 aliphatic carbocycles. The topological polar surface area (TPSA) is 75.6 Å². The van der Waals surface area contributed by atoms with Crippen molar-refractivity contribution >= 4 is 23.7 Å². The van der Waals surface area contributed by atoms with Crippen molar-refractivity contribution in [3.8, 4) is 0 Å². The maximum Gasteiger partial charge on any atom is 0.407 e. The highest BCUT2D eigenvalue weighted by Crippen LogP contribution is 2.11. The van der Waals surface area contributed by atoms with Gasteiger partial charge in [0.1, 0.15) is 6.61 Å². The van der Waals surface area contributed by atoms with Gasteiger partial charge in [0, 0.05) is 11.6 Å². The molecule has 5 nitrogen and oxygen atoms in total. The van der Waals surface area contributed by atoms with Crippen molar-refractivity contribution < 1.29 is 19.4 Å². The van der Waals surface area contributed by atoms with E-state index in [1.807, 2.05) is 0 Å². The summed E-state index contributed by atoms with van der Waals surface area (Å²) in [6.07, 6.45) is -0.780. The van der Waals surface area contributed by atoms with Crippen LogP contribution in [0.25, 0.3) is 0 Å². The number of halogens is 1. The van der Waals surface area contributed by atoms with Crippen molar-refractivity contribution in [3.63, 3.8) is 0 Å². The largest absolute Gasteiger partial charge is 0.481 e. The molecule has 0 bridgehead atoms. The van der Waals surface area contributed by atoms with E-state index in [1.165, 1.54) is 0 Å². The Morgan fingerprint density at radius 1 is 1.41 bits per heavy atom. The molecule has 1 aromatic rings. The number of amides is 1. The summed E-state index contributed by atoms with van der Waals surface area (Å²) in [6, 6.07) is 6.93. The standard InChI is InChI=1S/C11H12ClNO4/c12-9-3-1-2-8(6-9)7-17-11(16)13-5-4-10(14)15/h1-3,6H,4-5,7H2,(H,13,16)(H,14,15). The van der Waals surface area contributed by atoms with E-state index in [4.69, 9.17) is 21.4 Å². The number of alkyl carbamates (subject to hydrolysis) is 1. The lowest BCUT2D eigenvalue weighted by atomic mass is 10.2. The SMILES string of the molecule is O=C(O)CCNC(=O)OCc1cccc(Cl)c1. The first-order valence-corrected chi connectivity index (χ1v) is 5.32. The Morgan fingerprint density at radius 3 is 2.82 bits per heavy atom. The van der Waals surface area contributed by atoms with Crippen molar-refractivity contribution in [2.24, 2.45) is 0 Å². The normalized spacial score (nSPS) is 9.71. The van der Waals surface area contributed by atoms with Crippen LogP contribution < -0.4 is 5.32 Å². The predicted molar refractivity (Wildman–Crippen MR) is 61.9 cm³/mol. The number of ether oxygens (including phenoxy) is 1. The summed E-state index contributed by atoms with van der Waals surface area (Å²) in [6.45, 7) is 0.142. The van der Waals surface area contributed by atoms with E-state index in [9.17, 15) is 9.59 Å². The minimum atomic E-state index is -0.972. The lowest BCUT2D eigenvalue weighted by molar-refractivity contribution is -0.136. The zero-order valence-corrected chi connectivity index (χ0v) is 9.74. The third-order valence-electron chi connectivity index (χ3n) is 1.87. The monoisotopic (exact) mass is 257 g/mol. The summed E-state index contributed by atoms with van der Waals surface area (Å²) in [5.41, 5.74) is 0.769. The third-order valence-corrected chi connectivity index (χ3v) is 2.10. The van der Waals surface area contributed by atoms with Crippen molar-refractivity contribution in [2.45, 2.75) is 13.0 Å². The first-order chi connectivity index (χ1) is 8.08. The Kier molecular flexibility index (Phi) is 5.29. The van der Waals surface area contributed by atoms with Crippen LogP contribution in [-0.4, -0.2) is 23.7 Å². The van der Waals surface area contributed by atoms with Gasteiger partial charge in [-0.2, -0.15) is 0 Å². The van der Waals surface area contributed by atoms with Crippen LogP contribution in [-0.2, 0) is 16.1 Å². The smallest absolute Gasteiger partial charge is 0.407 e. The zero-order chi connectivity index (χ0) is 12.7. The highest BCUT2D eigenvalue weighted by atomic mass is 35.5. The first-order valence-electron chi connectivity index (χ1n) is 4.95. The highest BCUT2D eigenvalue weighted by Gasteiger charge is 2.03. The molecule has 1 rings (SSSR count). The molecule has 92 valence electrons. The van der Waals surface area contributed by atoms with Gasteiger partial charge in [0.2, 0.25) is 0 Å². The van der Waals surface area contributed by atoms with Gasteiger partial charge < -0.3 is 15.2 Å². The van der Waals surface area contributed by atoms with Crippen molar-refractivity contribution in [1.29, 1.82) is 0 Å². The maximum atomic E-state index is 11.1. The molecule has 0 saturated carbocycles. The first kappa shape index (κ1) is 13.3. The van der Waals surface area contributed by atoms with Crippen LogP contribution in [0.1, 0.15) is 12.0 Å². The molecule has 1 aromatic carbocycles. The summed E-state index contributed by atoms with van der Waals surface area (Å²) in [5.74, 6) is -0.972. The number of carboxylic acids is 1. The predicted octanol–water partition coefficient (Wildman–Crippen LogP) is 2.04. The maximum absolute atomic E-state index is 11.1. The van der Waals surface area contributed by atoms with Gasteiger partial charge in [-0.1, -0.05) is 23.7 Å². The van der Waals surface area contributed by atoms with Crippen LogP contribution in [0.15, 0.2) is 24.3 Å². The molecule has 0 saturated heterocycles. The fourth-order valence-electron chi connectivity index (χ4n) is 1.10. The molecule has 0 aromatic heterocycles. The van der Waals surface area contributed by atoms with Gasteiger partial charge >= 0.3 is 12.1 Å². The molecule has 0 atom stereocenters. The van der Waals surface area contributed by atoms with E-state index in [1.54, 1.807) is 24.3 Å². The second-order valence-corrected chi connectivity index (χ2v) is 3.71. The van der Waals surface area contributed by atoms with Crippen LogP contribution in [0, 0.1) is 0 Å². The Hall–Kier alpha value is -1.75. The average Bonchev–Trinajstić information content (AvgIpc) is 2.26. The quantitative estimate of drug-likeness (QED) is 0.846. The van der Waals surface area contributed by atoms with E-state index in [0.29, 0.717) is 5.02 Å². The molecule has 6 heteroatoms. The van der Waals surface area contributed by atoms with Crippen LogP contribution in [0.2, 0.25) is 5.02 Å². The lowest BCUT2D eigenvalue weighted by Crippen LogP contribution is -2.26. The molecular formula is C11H12ClNO4. The van der Waals surface area contributed by atoms with Gasteiger partial charge in [0.25, 0.3) is 0 Å². The number of hydrogen-bond acceptors (Lipinski definition) is 3. The average molecular weight is 258 g/mol. The Bertz CT molecular complexity index is 408. The summed E-state index contributed by atoms with van der Waals surface area (Å²) in [7, 11) is 0. The molecule has 0 aliphatic heterocycles. The molecular weight excluding hydrogens is 246 g/mol. The summed E-state index contributed by atoms with van der Waals surface area (Å²) in [5, 5.41) is 11.2. The molecule has 2 N–H and O–H groups in total. The third kappa shape index (κ3) is 5.77. The second kappa shape index (κ2) is 6.75. The van der Waals surface area contributed by atoms with E-state index < -0.39 is 12.1 Å². The number of hydrogen-bond donors (Lipinski definition) is 2. The van der Waals surface area contributed by atoms with E-state index in [2.05, 4.69) is 5.32 Å². The zero-order valence-electron chi connectivity index (χ0n) is 8.98. The highest BCUT2D eigenvalue weighted by molar-refractivity contribution is 6.30. The van der Waals surface area contributed by atoms with Crippen molar-refractivity contribution in [2.75, 3.05) is 6.54 Å². The number of carboxylic acid groups (broad SMARTS) is 1. The van der Waals surface area contributed by atoms with Gasteiger partial charge in [-0.3, -0.25) is 4.79 Å². The van der Waals surface area contributed by atoms with Gasteiger partial charge in [-0.05, 0) is 17.7 Å². The van der Waals surface area contributed by atoms with Crippen LogP contribution in [0.4, 0.5) is 4.79 Å². The number of carbonyl (C=O) groups is 2. The number of aliphatic carboxylic acids is 1. The van der Waals surface area contributed by atoms with Gasteiger partial charge in [0.05, 0.1) is 6.42 Å². The minimum absolute atomic E-state index is 0.0453. The second-order valence-electron chi connectivity index (χ2n) is 3.28. The molecule has 0 fully saturated rings. The van der Waals surface area contributed by atoms with E-state index in [-0.39, 0.29) is 19.6 Å². The summed E-state index contributed by atoms with van der Waals surface area (Å²) >= 11 is 5.76. The Morgan fingerprint density at radius 2 is 2.18 bits per heavy atom. The Balaban J connectivity index is 2.26. The number of benzene rings is 1. The fraction of sp³-hybridized carbons (Fsp3) is 0.273. The fourth-order valence-corrected chi connectivity index (χ4v) is 1.31. The number of carbonyl (C=O) groups excluding carboxylic acids is 1. The number of nitrogens with one attached hydrogen (secondary N) is 1. The van der Waals surface area contributed by atoms with Crippen LogP contribution >= 0.6 is 11.6 Å². The van der Waals surface area contributed by atoms with E-state index in [0.717, 1.165) is 5.56 Å². The molecule has 1 amide bonds. The summed E-state index contributed by atoms with van der Waals surface area (Å²) in [4.78, 5) is 21.3. The minimum Gasteiger partial charge on any atom is -0.481 e. The van der Waals surface area contributed by atoms with Gasteiger partial charge in [-0.25, -0.2) is 4.79 Å². The van der Waals surface area contributed by atoms with Crippen molar-refractivity contribution in [1.82, 2.24) is 5.32 Å². The Labute approximate surface area is 103 Å². The van der Waals surface area contributed by atoms with Gasteiger partial charge in [-0.15, -0.1) is 0 Å². The molecule has 0 heterocycles. The summed E-state index contributed by atoms with van der Waals surface area (Å²) < 4.78 is 4.86. The lowest BCUT2D eigenvalue weighted by Gasteiger charge is -2.06. The van der Waals surface area contributed by atoms with Crippen LogP contribution in [0.3, 0.4) is 0 Å². The molecule has 17 heavy (non-hydrogen) atoms. The van der Waals surface area contributed by atoms with Crippen LogP contribution in [0.5, 0.6) is 0 Å².